The predicted molar refractivity (Wildman–Crippen MR) is 87.2 cm³/mol. The predicted octanol–water partition coefficient (Wildman–Crippen LogP) is 0.223. The molecule has 0 spiro atoms. The van der Waals surface area contributed by atoms with Crippen LogP contribution in [0.4, 0.5) is 0 Å². The van der Waals surface area contributed by atoms with Gasteiger partial charge in [0.1, 0.15) is 0 Å². The summed E-state index contributed by atoms with van der Waals surface area (Å²) in [6, 6.07) is 0.297. The van der Waals surface area contributed by atoms with E-state index < -0.39 is 10.0 Å². The summed E-state index contributed by atoms with van der Waals surface area (Å²) in [6.45, 7) is 2.47. The number of rotatable bonds is 7. The zero-order valence-corrected chi connectivity index (χ0v) is 14.5. The van der Waals surface area contributed by atoms with Crippen molar-refractivity contribution in [2.75, 3.05) is 25.4 Å². The minimum atomic E-state index is -3.23. The summed E-state index contributed by atoms with van der Waals surface area (Å²) in [5.74, 6) is -0.377. The van der Waals surface area contributed by atoms with E-state index in [-0.39, 0.29) is 43.0 Å². The van der Waals surface area contributed by atoms with E-state index in [0.29, 0.717) is 12.6 Å². The number of sulfonamides is 1. The first-order chi connectivity index (χ1) is 10.9. The summed E-state index contributed by atoms with van der Waals surface area (Å²) >= 11 is 0. The number of nitrogens with zero attached hydrogens (tertiary/aromatic N) is 1. The van der Waals surface area contributed by atoms with Crippen LogP contribution in [-0.2, 0) is 19.6 Å². The largest absolute Gasteiger partial charge is 0.354 e. The van der Waals surface area contributed by atoms with Gasteiger partial charge >= 0.3 is 0 Å². The maximum Gasteiger partial charge on any atom is 0.225 e. The van der Waals surface area contributed by atoms with Gasteiger partial charge in [0.05, 0.1) is 11.7 Å². The zero-order valence-electron chi connectivity index (χ0n) is 13.7. The molecule has 1 atom stereocenters. The number of amides is 2. The summed E-state index contributed by atoms with van der Waals surface area (Å²) in [7, 11) is -3.23. The molecule has 2 N–H and O–H groups in total. The van der Waals surface area contributed by atoms with Crippen molar-refractivity contribution in [3.8, 4) is 0 Å². The van der Waals surface area contributed by atoms with Crippen molar-refractivity contribution in [1.82, 2.24) is 14.9 Å². The first-order valence-electron chi connectivity index (χ1n) is 8.47. The smallest absolute Gasteiger partial charge is 0.225 e. The Morgan fingerprint density at radius 3 is 2.57 bits per heavy atom. The van der Waals surface area contributed by atoms with E-state index in [0.717, 1.165) is 25.7 Å². The van der Waals surface area contributed by atoms with Gasteiger partial charge in [-0.05, 0) is 19.8 Å². The minimum Gasteiger partial charge on any atom is -0.354 e. The second-order valence-corrected chi connectivity index (χ2v) is 8.42. The highest BCUT2D eigenvalue weighted by Crippen LogP contribution is 2.28. The normalized spacial score (nSPS) is 23.3. The lowest BCUT2D eigenvalue weighted by molar-refractivity contribution is -0.130. The Morgan fingerprint density at radius 1 is 1.22 bits per heavy atom. The molecule has 0 aromatic carbocycles. The average Bonchev–Trinajstić information content (AvgIpc) is 2.94. The lowest BCUT2D eigenvalue weighted by Crippen LogP contribution is -2.40. The molecule has 0 aromatic heterocycles. The van der Waals surface area contributed by atoms with Crippen molar-refractivity contribution in [1.29, 1.82) is 0 Å². The molecule has 1 saturated heterocycles. The summed E-state index contributed by atoms with van der Waals surface area (Å²) in [4.78, 5) is 26.2. The molecule has 1 saturated carbocycles. The second kappa shape index (κ2) is 8.10. The molecule has 0 bridgehead atoms. The first kappa shape index (κ1) is 18.2. The third-order valence-corrected chi connectivity index (χ3v) is 6.07. The maximum absolute atomic E-state index is 12.1. The summed E-state index contributed by atoms with van der Waals surface area (Å²) in [6.07, 6.45) is 5.89. The van der Waals surface area contributed by atoms with Crippen LogP contribution >= 0.6 is 0 Å². The molecule has 2 fully saturated rings. The van der Waals surface area contributed by atoms with E-state index in [2.05, 4.69) is 10.0 Å². The van der Waals surface area contributed by atoms with E-state index in [4.69, 9.17) is 0 Å². The summed E-state index contributed by atoms with van der Waals surface area (Å²) < 4.78 is 25.0. The fourth-order valence-corrected chi connectivity index (χ4v) is 3.91. The number of carbonyl (C=O) groups excluding carboxylic acids is 2. The highest BCUT2D eigenvalue weighted by atomic mass is 32.2. The molecule has 23 heavy (non-hydrogen) atoms. The van der Waals surface area contributed by atoms with Crippen molar-refractivity contribution in [3.63, 3.8) is 0 Å². The molecule has 7 nitrogen and oxygen atoms in total. The van der Waals surface area contributed by atoms with Gasteiger partial charge in [-0.3, -0.25) is 9.59 Å². The molecule has 8 heteroatoms. The van der Waals surface area contributed by atoms with Crippen molar-refractivity contribution in [2.24, 2.45) is 5.92 Å². The Morgan fingerprint density at radius 2 is 1.91 bits per heavy atom. The van der Waals surface area contributed by atoms with Crippen LogP contribution in [0.15, 0.2) is 0 Å². The van der Waals surface area contributed by atoms with E-state index >= 15 is 0 Å². The highest BCUT2D eigenvalue weighted by Gasteiger charge is 2.37. The fourth-order valence-electron chi connectivity index (χ4n) is 3.29. The molecule has 1 aliphatic carbocycles. The molecule has 1 aliphatic heterocycles. The molecule has 2 aliphatic rings. The SMILES string of the molecule is CCS(=O)(=O)NCCNC(=O)[C@H]1CC(=O)N(C2CCCCC2)C1. The Kier molecular flexibility index (Phi) is 6.41. The molecule has 1 heterocycles. The van der Waals surface area contributed by atoms with Crippen molar-refractivity contribution in [3.05, 3.63) is 0 Å². The van der Waals surface area contributed by atoms with E-state index in [1.807, 2.05) is 4.90 Å². The van der Waals surface area contributed by atoms with Crippen LogP contribution in [0.2, 0.25) is 0 Å². The van der Waals surface area contributed by atoms with Crippen molar-refractivity contribution in [2.45, 2.75) is 51.5 Å². The Hall–Kier alpha value is -1.15. The van der Waals surface area contributed by atoms with Gasteiger partial charge in [-0.2, -0.15) is 0 Å². The van der Waals surface area contributed by atoms with Gasteiger partial charge in [0, 0.05) is 32.1 Å². The van der Waals surface area contributed by atoms with Gasteiger partial charge in [0.25, 0.3) is 0 Å². The molecule has 0 unspecified atom stereocenters. The van der Waals surface area contributed by atoms with Gasteiger partial charge in [-0.15, -0.1) is 0 Å². The minimum absolute atomic E-state index is 0.0222. The highest BCUT2D eigenvalue weighted by molar-refractivity contribution is 7.89. The molecule has 2 rings (SSSR count). The van der Waals surface area contributed by atoms with Crippen molar-refractivity contribution >= 4 is 21.8 Å². The first-order valence-corrected chi connectivity index (χ1v) is 10.1. The molecular weight excluding hydrogens is 318 g/mol. The van der Waals surface area contributed by atoms with Crippen LogP contribution in [0, 0.1) is 5.92 Å². The van der Waals surface area contributed by atoms with Crippen LogP contribution in [0.1, 0.15) is 45.4 Å². The number of hydrogen-bond acceptors (Lipinski definition) is 4. The van der Waals surface area contributed by atoms with Gasteiger partial charge in [-0.1, -0.05) is 19.3 Å². The standard InChI is InChI=1S/C15H27N3O4S/c1-2-23(21,22)17-9-8-16-15(20)12-10-14(19)18(11-12)13-6-4-3-5-7-13/h12-13,17H,2-11H2,1H3,(H,16,20)/t12-/m0/s1. The van der Waals surface area contributed by atoms with Crippen LogP contribution in [0.25, 0.3) is 0 Å². The topological polar surface area (TPSA) is 95.6 Å². The third-order valence-electron chi connectivity index (χ3n) is 4.67. The second-order valence-electron chi connectivity index (χ2n) is 6.33. The monoisotopic (exact) mass is 345 g/mol. The lowest BCUT2D eigenvalue weighted by Gasteiger charge is -2.31. The average molecular weight is 345 g/mol. The number of hydrogen-bond donors (Lipinski definition) is 2. The molecule has 0 radical (unpaired) electrons. The van der Waals surface area contributed by atoms with E-state index in [9.17, 15) is 18.0 Å². The van der Waals surface area contributed by atoms with E-state index in [1.165, 1.54) is 6.42 Å². The lowest BCUT2D eigenvalue weighted by atomic mass is 9.94. The van der Waals surface area contributed by atoms with Gasteiger partial charge in [0.2, 0.25) is 21.8 Å². The molecule has 132 valence electrons. The van der Waals surface area contributed by atoms with Crippen LogP contribution in [0.5, 0.6) is 0 Å². The number of nitrogens with one attached hydrogen (secondary N) is 2. The molecule has 2 amide bonds. The van der Waals surface area contributed by atoms with Crippen molar-refractivity contribution < 1.29 is 18.0 Å². The van der Waals surface area contributed by atoms with Gasteiger partial charge < -0.3 is 10.2 Å². The third kappa shape index (κ3) is 5.17. The molecular formula is C15H27N3O4S. The fraction of sp³-hybridized carbons (Fsp3) is 0.867. The maximum atomic E-state index is 12.1. The summed E-state index contributed by atoms with van der Waals surface area (Å²) in [5.41, 5.74) is 0. The van der Waals surface area contributed by atoms with Crippen LogP contribution in [0.3, 0.4) is 0 Å². The Balaban J connectivity index is 1.74. The Labute approximate surface area is 138 Å². The Bertz CT molecular complexity index is 529. The quantitative estimate of drug-likeness (QED) is 0.645. The number of carbonyl (C=O) groups is 2. The van der Waals surface area contributed by atoms with E-state index in [1.54, 1.807) is 6.92 Å². The van der Waals surface area contributed by atoms with Gasteiger partial charge in [0.15, 0.2) is 0 Å². The van der Waals surface area contributed by atoms with Gasteiger partial charge in [-0.25, -0.2) is 13.1 Å². The molecule has 0 aromatic rings. The zero-order chi connectivity index (χ0) is 16.9. The van der Waals surface area contributed by atoms with Crippen LogP contribution < -0.4 is 10.0 Å². The number of likely N-dealkylation sites (tertiary alicyclic amines) is 1. The summed E-state index contributed by atoms with van der Waals surface area (Å²) in [5, 5.41) is 2.72. The van der Waals surface area contributed by atoms with Crippen LogP contribution in [-0.4, -0.2) is 56.6 Å².